The van der Waals surface area contributed by atoms with Crippen molar-refractivity contribution in [2.75, 3.05) is 5.32 Å². The van der Waals surface area contributed by atoms with Crippen LogP contribution in [0.3, 0.4) is 0 Å². The van der Waals surface area contributed by atoms with Crippen LogP contribution in [-0.4, -0.2) is 36.8 Å². The van der Waals surface area contributed by atoms with Crippen LogP contribution in [-0.2, 0) is 7.05 Å². The minimum Gasteiger partial charge on any atom is -0.456 e. The highest BCUT2D eigenvalue weighted by Gasteiger charge is 2.23. The molecule has 1 aliphatic carbocycles. The number of anilines is 1. The van der Waals surface area contributed by atoms with Gasteiger partial charge in [0.25, 0.3) is 0 Å². The van der Waals surface area contributed by atoms with Gasteiger partial charge >= 0.3 is 0 Å². The second-order valence-corrected chi connectivity index (χ2v) is 8.65. The lowest BCUT2D eigenvalue weighted by molar-refractivity contribution is 0.116. The van der Waals surface area contributed by atoms with Crippen molar-refractivity contribution in [3.05, 3.63) is 49.1 Å². The molecule has 0 bridgehead atoms. The van der Waals surface area contributed by atoms with E-state index in [0.717, 1.165) is 58.2 Å². The molecule has 0 spiro atoms. The van der Waals surface area contributed by atoms with Crippen molar-refractivity contribution in [3.63, 3.8) is 0 Å². The molecule has 7 nitrogen and oxygen atoms in total. The molecule has 1 fully saturated rings. The van der Waals surface area contributed by atoms with E-state index in [1.807, 2.05) is 42.1 Å². The third kappa shape index (κ3) is 3.88. The van der Waals surface area contributed by atoms with Crippen molar-refractivity contribution in [1.29, 1.82) is 0 Å². The van der Waals surface area contributed by atoms with Crippen molar-refractivity contribution >= 4 is 26.7 Å². The number of hydrogen-bond donors (Lipinski definition) is 2. The number of nitrogens with one attached hydrogen (secondary N) is 1. The molecule has 3 aromatic heterocycles. The Morgan fingerprint density at radius 1 is 1.17 bits per heavy atom. The second kappa shape index (κ2) is 8.04. The Morgan fingerprint density at radius 3 is 2.90 bits per heavy atom. The molecule has 1 aliphatic rings. The first-order valence-corrected chi connectivity index (χ1v) is 10.9. The van der Waals surface area contributed by atoms with E-state index in [1.165, 1.54) is 0 Å². The smallest absolute Gasteiger partial charge is 0.184 e. The van der Waals surface area contributed by atoms with E-state index in [-0.39, 0.29) is 12.1 Å². The average molecular weight is 422 g/mol. The second-order valence-electron chi connectivity index (χ2n) is 7.62. The number of rotatable bonds is 5. The number of hydrogen-bond acceptors (Lipinski definition) is 7. The SMILES string of the molecule is Cn1ccnc1-c1cncc(Oc2ccc3nc(N[C@@H]4CCCC[C@H]4O)sc3c2)c1. The summed E-state index contributed by atoms with van der Waals surface area (Å²) < 4.78 is 9.04. The Balaban J connectivity index is 1.35. The van der Waals surface area contributed by atoms with Crippen LogP contribution in [0.4, 0.5) is 5.13 Å². The number of ether oxygens (including phenoxy) is 1. The van der Waals surface area contributed by atoms with Gasteiger partial charge in [-0.1, -0.05) is 24.2 Å². The number of imidazole rings is 1. The topological polar surface area (TPSA) is 85.1 Å². The predicted octanol–water partition coefficient (Wildman–Crippen LogP) is 4.60. The van der Waals surface area contributed by atoms with E-state index in [4.69, 9.17) is 4.74 Å². The highest BCUT2D eigenvalue weighted by molar-refractivity contribution is 7.22. The molecule has 2 atom stereocenters. The van der Waals surface area contributed by atoms with Gasteiger partial charge in [-0.15, -0.1) is 0 Å². The van der Waals surface area contributed by atoms with Crippen LogP contribution < -0.4 is 10.1 Å². The molecule has 2 N–H and O–H groups in total. The number of fused-ring (bicyclic) bond motifs is 1. The zero-order valence-electron chi connectivity index (χ0n) is 16.7. The van der Waals surface area contributed by atoms with Crippen LogP contribution in [0.1, 0.15) is 25.7 Å². The first-order valence-electron chi connectivity index (χ1n) is 10.1. The normalized spacial score (nSPS) is 19.1. The van der Waals surface area contributed by atoms with Gasteiger partial charge in [0.05, 0.1) is 28.6 Å². The van der Waals surface area contributed by atoms with Gasteiger partial charge in [-0.3, -0.25) is 4.98 Å². The molecule has 0 radical (unpaired) electrons. The Labute approximate surface area is 178 Å². The van der Waals surface area contributed by atoms with Crippen LogP contribution in [0.5, 0.6) is 11.5 Å². The van der Waals surface area contributed by atoms with E-state index in [1.54, 1.807) is 29.9 Å². The molecule has 8 heteroatoms. The van der Waals surface area contributed by atoms with Crippen molar-refractivity contribution in [2.24, 2.45) is 7.05 Å². The summed E-state index contributed by atoms with van der Waals surface area (Å²) in [5, 5.41) is 14.5. The first-order chi connectivity index (χ1) is 14.7. The number of aromatic nitrogens is 4. The van der Waals surface area contributed by atoms with E-state index in [0.29, 0.717) is 5.75 Å². The van der Waals surface area contributed by atoms with Crippen molar-refractivity contribution in [3.8, 4) is 22.9 Å². The Bertz CT molecular complexity index is 1170. The molecule has 5 rings (SSSR count). The highest BCUT2D eigenvalue weighted by Crippen LogP contribution is 2.33. The number of aliphatic hydroxyl groups excluding tert-OH is 1. The number of benzene rings is 1. The number of aliphatic hydroxyl groups is 1. The van der Waals surface area contributed by atoms with Gasteiger partial charge in [0, 0.05) is 37.3 Å². The van der Waals surface area contributed by atoms with E-state index in [9.17, 15) is 5.11 Å². The van der Waals surface area contributed by atoms with Gasteiger partial charge in [-0.25, -0.2) is 9.97 Å². The maximum absolute atomic E-state index is 10.2. The number of aryl methyl sites for hydroxylation is 1. The lowest BCUT2D eigenvalue weighted by Gasteiger charge is -2.27. The molecule has 0 saturated heterocycles. The van der Waals surface area contributed by atoms with E-state index >= 15 is 0 Å². The fraction of sp³-hybridized carbons (Fsp3) is 0.318. The van der Waals surface area contributed by atoms with E-state index in [2.05, 4.69) is 20.3 Å². The predicted molar refractivity (Wildman–Crippen MR) is 118 cm³/mol. The summed E-state index contributed by atoms with van der Waals surface area (Å²) in [7, 11) is 1.95. The molecule has 0 aliphatic heterocycles. The summed E-state index contributed by atoms with van der Waals surface area (Å²) >= 11 is 1.58. The summed E-state index contributed by atoms with van der Waals surface area (Å²) in [6.45, 7) is 0. The third-order valence-corrected chi connectivity index (χ3v) is 6.38. The molecular weight excluding hydrogens is 398 g/mol. The molecule has 30 heavy (non-hydrogen) atoms. The largest absolute Gasteiger partial charge is 0.456 e. The quantitative estimate of drug-likeness (QED) is 0.490. The Morgan fingerprint density at radius 2 is 2.07 bits per heavy atom. The molecule has 154 valence electrons. The van der Waals surface area contributed by atoms with Crippen molar-refractivity contribution < 1.29 is 9.84 Å². The van der Waals surface area contributed by atoms with Crippen LogP contribution in [0.15, 0.2) is 49.1 Å². The van der Waals surface area contributed by atoms with Crippen LogP contribution in [0, 0.1) is 0 Å². The fourth-order valence-corrected chi connectivity index (χ4v) is 4.80. The number of thiazole rings is 1. The standard InChI is InChI=1S/C22H23N5O2S/c1-27-9-8-24-21(27)14-10-16(13-23-12-14)29-15-6-7-18-20(11-15)30-22(26-18)25-17-4-2-3-5-19(17)28/h6-13,17,19,28H,2-5H2,1H3,(H,25,26)/t17-,19-/m1/s1. The lowest BCUT2D eigenvalue weighted by atomic mass is 9.93. The molecule has 1 aromatic carbocycles. The fourth-order valence-electron chi connectivity index (χ4n) is 3.85. The summed E-state index contributed by atoms with van der Waals surface area (Å²) in [5.74, 6) is 2.23. The van der Waals surface area contributed by atoms with Gasteiger partial charge in [0.15, 0.2) is 5.13 Å². The van der Waals surface area contributed by atoms with Gasteiger partial charge in [-0.2, -0.15) is 0 Å². The zero-order chi connectivity index (χ0) is 20.5. The number of nitrogens with zero attached hydrogens (tertiary/aromatic N) is 4. The number of pyridine rings is 1. The summed E-state index contributed by atoms with van der Waals surface area (Å²) in [5.41, 5.74) is 1.82. The first kappa shape index (κ1) is 19.0. The van der Waals surface area contributed by atoms with Gasteiger partial charge < -0.3 is 19.7 Å². The summed E-state index contributed by atoms with van der Waals surface area (Å²) in [6, 6.07) is 7.87. The van der Waals surface area contributed by atoms with Crippen molar-refractivity contribution in [2.45, 2.75) is 37.8 Å². The molecule has 0 amide bonds. The monoisotopic (exact) mass is 421 g/mol. The van der Waals surface area contributed by atoms with Crippen molar-refractivity contribution in [1.82, 2.24) is 19.5 Å². The Hall–Kier alpha value is -2.97. The maximum Gasteiger partial charge on any atom is 0.184 e. The molecule has 3 heterocycles. The summed E-state index contributed by atoms with van der Waals surface area (Å²) in [4.78, 5) is 13.3. The minimum absolute atomic E-state index is 0.0787. The molecule has 4 aromatic rings. The van der Waals surface area contributed by atoms with Gasteiger partial charge in [-0.05, 0) is 31.0 Å². The maximum atomic E-state index is 10.2. The van der Waals surface area contributed by atoms with Crippen LogP contribution in [0.2, 0.25) is 0 Å². The third-order valence-electron chi connectivity index (χ3n) is 5.43. The lowest BCUT2D eigenvalue weighted by Crippen LogP contribution is -2.36. The molecule has 1 saturated carbocycles. The van der Waals surface area contributed by atoms with Gasteiger partial charge in [0.1, 0.15) is 17.3 Å². The zero-order valence-corrected chi connectivity index (χ0v) is 17.5. The van der Waals surface area contributed by atoms with E-state index < -0.39 is 0 Å². The minimum atomic E-state index is -0.303. The van der Waals surface area contributed by atoms with Gasteiger partial charge in [0.2, 0.25) is 0 Å². The van der Waals surface area contributed by atoms with Crippen LogP contribution in [0.25, 0.3) is 21.6 Å². The highest BCUT2D eigenvalue weighted by atomic mass is 32.1. The molecular formula is C22H23N5O2S. The Kier molecular flexibility index (Phi) is 5.10. The van der Waals surface area contributed by atoms with Crippen LogP contribution >= 0.6 is 11.3 Å². The average Bonchev–Trinajstić information content (AvgIpc) is 3.35. The summed E-state index contributed by atoms with van der Waals surface area (Å²) in [6.07, 6.45) is 10.9. The molecule has 0 unspecified atom stereocenters.